The predicted molar refractivity (Wildman–Crippen MR) is 42.7 cm³/mol. The Hall–Kier alpha value is -0.810. The van der Waals surface area contributed by atoms with E-state index in [1.807, 2.05) is 0 Å². The van der Waals surface area contributed by atoms with E-state index in [0.29, 0.717) is 0 Å². The summed E-state index contributed by atoms with van der Waals surface area (Å²) in [6.45, 7) is -0.572. The maximum Gasteiger partial charge on any atom is 0.402 e. The van der Waals surface area contributed by atoms with E-state index in [4.69, 9.17) is 5.26 Å². The van der Waals surface area contributed by atoms with Crippen LogP contribution in [-0.2, 0) is 10.0 Å². The van der Waals surface area contributed by atoms with Gasteiger partial charge in [-0.2, -0.15) is 22.7 Å². The molecule has 0 bridgehead atoms. The number of sulfonamides is 1. The first kappa shape index (κ1) is 13.2. The summed E-state index contributed by atoms with van der Waals surface area (Å²) in [7, 11) is -4.10. The van der Waals surface area contributed by atoms with Gasteiger partial charge in [0.1, 0.15) is 6.54 Å². The first-order valence-electron chi connectivity index (χ1n) is 3.64. The van der Waals surface area contributed by atoms with E-state index in [0.717, 1.165) is 0 Å². The van der Waals surface area contributed by atoms with Crippen LogP contribution in [0.5, 0.6) is 0 Å². The van der Waals surface area contributed by atoms with Crippen molar-refractivity contribution in [3.63, 3.8) is 0 Å². The molecule has 82 valence electrons. The summed E-state index contributed by atoms with van der Waals surface area (Å²) < 4.78 is 57.9. The van der Waals surface area contributed by atoms with Gasteiger partial charge in [-0.15, -0.1) is 0 Å². The first-order chi connectivity index (χ1) is 6.23. The van der Waals surface area contributed by atoms with Crippen molar-refractivity contribution in [1.82, 2.24) is 4.31 Å². The zero-order valence-electron chi connectivity index (χ0n) is 7.37. The lowest BCUT2D eigenvalue weighted by Crippen LogP contribution is -2.39. The smallest absolute Gasteiger partial charge is 0.211 e. The largest absolute Gasteiger partial charge is 0.402 e. The van der Waals surface area contributed by atoms with Gasteiger partial charge in [0.2, 0.25) is 10.0 Å². The molecule has 0 heterocycles. The molecule has 0 N–H and O–H groups in total. The van der Waals surface area contributed by atoms with Crippen molar-refractivity contribution in [2.75, 3.05) is 18.8 Å². The summed E-state index contributed by atoms with van der Waals surface area (Å²) in [5.74, 6) is -0.934. The molecule has 14 heavy (non-hydrogen) atoms. The predicted octanol–water partition coefficient (Wildman–Crippen LogP) is 0.724. The molecule has 0 rings (SSSR count). The number of nitriles is 1. The maximum absolute atomic E-state index is 11.9. The summed E-state index contributed by atoms with van der Waals surface area (Å²) in [5.41, 5.74) is 0. The van der Waals surface area contributed by atoms with Gasteiger partial charge in [0.05, 0.1) is 6.07 Å². The van der Waals surface area contributed by atoms with Crippen LogP contribution in [-0.4, -0.2) is 37.7 Å². The molecule has 0 aromatic carbocycles. The second-order valence-corrected chi connectivity index (χ2v) is 4.42. The van der Waals surface area contributed by atoms with Gasteiger partial charge in [-0.05, 0) is 0 Å². The Morgan fingerprint density at radius 1 is 1.43 bits per heavy atom. The zero-order valence-corrected chi connectivity index (χ0v) is 8.19. The van der Waals surface area contributed by atoms with Crippen molar-refractivity contribution >= 4 is 10.0 Å². The molecule has 0 spiro atoms. The minimum Gasteiger partial charge on any atom is -0.211 e. The van der Waals surface area contributed by atoms with Crippen LogP contribution >= 0.6 is 0 Å². The molecule has 0 saturated heterocycles. The highest BCUT2D eigenvalue weighted by Crippen LogP contribution is 2.18. The lowest BCUT2D eigenvalue weighted by atomic mass is 10.6. The number of rotatable bonds is 4. The molecule has 0 aromatic heterocycles. The van der Waals surface area contributed by atoms with Crippen molar-refractivity contribution in [2.24, 2.45) is 0 Å². The minimum atomic E-state index is -4.58. The van der Waals surface area contributed by atoms with Gasteiger partial charge in [0, 0.05) is 6.54 Å². The van der Waals surface area contributed by atoms with Gasteiger partial charge in [0.15, 0.2) is 5.75 Å². The Labute approximate surface area is 80.0 Å². The third kappa shape index (κ3) is 4.43. The fourth-order valence-electron chi connectivity index (χ4n) is 0.780. The monoisotopic (exact) mass is 230 g/mol. The molecule has 0 aromatic rings. The van der Waals surface area contributed by atoms with Crippen LogP contribution < -0.4 is 0 Å². The molecule has 0 aliphatic carbocycles. The Morgan fingerprint density at radius 3 is 2.21 bits per heavy atom. The summed E-state index contributed by atoms with van der Waals surface area (Å²) in [6.07, 6.45) is -4.58. The minimum absolute atomic E-state index is 0.232. The highest BCUT2D eigenvalue weighted by atomic mass is 32.2. The van der Waals surface area contributed by atoms with E-state index in [1.165, 1.54) is 13.0 Å². The Morgan fingerprint density at radius 2 is 1.93 bits per heavy atom. The fraction of sp³-hybridized carbons (Fsp3) is 0.833. The van der Waals surface area contributed by atoms with Crippen LogP contribution in [0.3, 0.4) is 0 Å². The molecule has 0 saturated carbocycles. The number of hydrogen-bond donors (Lipinski definition) is 0. The number of halogens is 3. The van der Waals surface area contributed by atoms with Crippen LogP contribution in [0.25, 0.3) is 0 Å². The van der Waals surface area contributed by atoms with E-state index in [-0.39, 0.29) is 10.8 Å². The molecule has 0 fully saturated rings. The van der Waals surface area contributed by atoms with Gasteiger partial charge in [-0.1, -0.05) is 6.92 Å². The normalized spacial score (nSPS) is 12.9. The second kappa shape index (κ2) is 4.61. The lowest BCUT2D eigenvalue weighted by molar-refractivity contribution is -0.135. The van der Waals surface area contributed by atoms with Crippen LogP contribution in [0.4, 0.5) is 13.2 Å². The van der Waals surface area contributed by atoms with E-state index < -0.39 is 28.5 Å². The van der Waals surface area contributed by atoms with Crippen molar-refractivity contribution in [3.05, 3.63) is 0 Å². The highest BCUT2D eigenvalue weighted by Gasteiger charge is 2.35. The highest BCUT2D eigenvalue weighted by molar-refractivity contribution is 7.89. The van der Waals surface area contributed by atoms with Gasteiger partial charge in [0.25, 0.3) is 0 Å². The van der Waals surface area contributed by atoms with E-state index >= 15 is 0 Å². The molecule has 8 heteroatoms. The van der Waals surface area contributed by atoms with Crippen LogP contribution in [0, 0.1) is 11.3 Å². The standard InChI is InChI=1S/C6H9F3N2O2S/c1-2-11(5-6(7,8)9)14(12,13)4-3-10/h2,4-5H2,1H3. The number of hydrogen-bond acceptors (Lipinski definition) is 3. The van der Waals surface area contributed by atoms with Crippen molar-refractivity contribution < 1.29 is 21.6 Å². The SMILES string of the molecule is CCN(CC(F)(F)F)S(=O)(=O)CC#N. The van der Waals surface area contributed by atoms with Crippen LogP contribution in [0.1, 0.15) is 6.92 Å². The maximum atomic E-state index is 11.9. The molecular weight excluding hydrogens is 221 g/mol. The van der Waals surface area contributed by atoms with E-state index in [2.05, 4.69) is 0 Å². The molecule has 0 aliphatic rings. The zero-order chi connectivity index (χ0) is 11.4. The van der Waals surface area contributed by atoms with Gasteiger partial charge in [-0.3, -0.25) is 0 Å². The molecule has 0 atom stereocenters. The summed E-state index contributed by atoms with van der Waals surface area (Å²) in [5, 5.41) is 8.11. The Bertz CT molecular complexity index is 317. The van der Waals surface area contributed by atoms with Gasteiger partial charge >= 0.3 is 6.18 Å². The van der Waals surface area contributed by atoms with E-state index in [1.54, 1.807) is 0 Å². The molecule has 0 aliphatic heterocycles. The average Bonchev–Trinajstić information content (AvgIpc) is 1.98. The van der Waals surface area contributed by atoms with Crippen molar-refractivity contribution in [2.45, 2.75) is 13.1 Å². The third-order valence-corrected chi connectivity index (χ3v) is 3.02. The lowest BCUT2D eigenvalue weighted by Gasteiger charge is -2.20. The molecule has 0 radical (unpaired) electrons. The number of nitrogens with zero attached hydrogens (tertiary/aromatic N) is 2. The quantitative estimate of drug-likeness (QED) is 0.715. The summed E-state index contributed by atoms with van der Waals surface area (Å²) in [6, 6.07) is 1.31. The number of alkyl halides is 3. The van der Waals surface area contributed by atoms with Gasteiger partial charge < -0.3 is 0 Å². The molecular formula is C6H9F3N2O2S. The molecule has 0 unspecified atom stereocenters. The summed E-state index contributed by atoms with van der Waals surface area (Å²) in [4.78, 5) is 0. The Balaban J connectivity index is 4.68. The third-order valence-electron chi connectivity index (χ3n) is 1.35. The van der Waals surface area contributed by atoms with E-state index in [9.17, 15) is 21.6 Å². The van der Waals surface area contributed by atoms with Gasteiger partial charge in [-0.25, -0.2) is 8.42 Å². The second-order valence-electron chi connectivity index (χ2n) is 2.46. The van der Waals surface area contributed by atoms with Crippen LogP contribution in [0.15, 0.2) is 0 Å². The topological polar surface area (TPSA) is 61.2 Å². The van der Waals surface area contributed by atoms with Crippen molar-refractivity contribution in [3.8, 4) is 6.07 Å². The molecule has 4 nitrogen and oxygen atoms in total. The fourth-order valence-corrected chi connectivity index (χ4v) is 1.86. The van der Waals surface area contributed by atoms with Crippen molar-refractivity contribution in [1.29, 1.82) is 5.26 Å². The Kier molecular flexibility index (Phi) is 4.35. The van der Waals surface area contributed by atoms with Crippen LogP contribution in [0.2, 0.25) is 0 Å². The molecule has 0 amide bonds. The average molecular weight is 230 g/mol. The first-order valence-corrected chi connectivity index (χ1v) is 5.25. The summed E-state index contributed by atoms with van der Waals surface area (Å²) >= 11 is 0.